The Bertz CT molecular complexity index is 1380. The summed E-state index contributed by atoms with van der Waals surface area (Å²) in [4.78, 5) is 26.4. The molecule has 4 atom stereocenters. The molecule has 1 N–H and O–H groups in total. The van der Waals surface area contributed by atoms with Crippen molar-refractivity contribution < 1.29 is 28.9 Å². The number of fused-ring (bicyclic) bond motifs is 1. The summed E-state index contributed by atoms with van der Waals surface area (Å²) >= 11 is 0. The molecule has 6 heteroatoms. The van der Waals surface area contributed by atoms with Crippen LogP contribution in [0.4, 0.5) is 0 Å². The Morgan fingerprint density at radius 1 is 0.703 bits per heavy atom. The molecule has 0 bridgehead atoms. The third kappa shape index (κ3) is 4.40. The minimum Gasteiger partial charge on any atom is -0.496 e. The number of para-hydroxylation sites is 2. The van der Waals surface area contributed by atoms with Gasteiger partial charge in [0.15, 0.2) is 0 Å². The van der Waals surface area contributed by atoms with Gasteiger partial charge in [0, 0.05) is 11.8 Å². The molecule has 4 aromatic rings. The maximum atomic E-state index is 13.8. The summed E-state index contributed by atoms with van der Waals surface area (Å²) in [6.45, 7) is 0.0890. The number of carbonyl (C=O) groups excluding carboxylic acids is 1. The van der Waals surface area contributed by atoms with Crippen molar-refractivity contribution in [2.75, 3.05) is 14.2 Å². The van der Waals surface area contributed by atoms with E-state index in [4.69, 9.17) is 14.2 Å². The van der Waals surface area contributed by atoms with Crippen LogP contribution in [0.1, 0.15) is 28.5 Å². The molecule has 1 aliphatic carbocycles. The Morgan fingerprint density at radius 3 is 1.84 bits per heavy atom. The molecule has 0 aliphatic heterocycles. The van der Waals surface area contributed by atoms with Crippen LogP contribution in [-0.2, 0) is 20.9 Å². The number of aliphatic carboxylic acids is 1. The standard InChI is InChI=1S/C31H28O6/c1-35-24-16-7-5-14-22(24)26-28(30(32)33)27(23-15-6-8-17-25(23)36-2)29(26)31(34)37-18-20-12-9-11-19-10-3-4-13-21(19)20/h3-17,26-29H,18H2,1-2H3,(H,32,33)/t26-,27?,28-,29?/m0/s1. The predicted octanol–water partition coefficient (Wildman–Crippen LogP) is 5.80. The predicted molar refractivity (Wildman–Crippen MR) is 140 cm³/mol. The number of rotatable bonds is 8. The fourth-order valence-corrected chi connectivity index (χ4v) is 5.67. The molecule has 5 rings (SSSR count). The van der Waals surface area contributed by atoms with Crippen LogP contribution in [0.25, 0.3) is 10.8 Å². The average molecular weight is 497 g/mol. The highest BCUT2D eigenvalue weighted by Crippen LogP contribution is 2.60. The van der Waals surface area contributed by atoms with E-state index in [-0.39, 0.29) is 6.61 Å². The summed E-state index contributed by atoms with van der Waals surface area (Å²) in [7, 11) is 3.08. The zero-order valence-corrected chi connectivity index (χ0v) is 20.7. The van der Waals surface area contributed by atoms with Crippen molar-refractivity contribution in [3.05, 3.63) is 108 Å². The molecule has 37 heavy (non-hydrogen) atoms. The van der Waals surface area contributed by atoms with Crippen molar-refractivity contribution in [1.82, 2.24) is 0 Å². The molecule has 0 heterocycles. The highest BCUT2D eigenvalue weighted by molar-refractivity contribution is 5.87. The van der Waals surface area contributed by atoms with Gasteiger partial charge in [-0.2, -0.15) is 0 Å². The topological polar surface area (TPSA) is 82.1 Å². The first-order chi connectivity index (χ1) is 18.0. The lowest BCUT2D eigenvalue weighted by Gasteiger charge is -2.49. The summed E-state index contributed by atoms with van der Waals surface area (Å²) in [6, 6.07) is 28.3. The Hall–Kier alpha value is -4.32. The van der Waals surface area contributed by atoms with E-state index in [1.165, 1.54) is 0 Å². The molecule has 1 fully saturated rings. The number of carboxylic acid groups (broad SMARTS) is 1. The van der Waals surface area contributed by atoms with E-state index >= 15 is 0 Å². The lowest BCUT2D eigenvalue weighted by Crippen LogP contribution is -2.51. The van der Waals surface area contributed by atoms with E-state index in [1.807, 2.05) is 78.9 Å². The first-order valence-electron chi connectivity index (χ1n) is 12.2. The SMILES string of the molecule is COc1ccccc1C1C(C(=O)OCc2cccc3ccccc23)[C@@H](c2ccccc2OC)[C@@H]1C(=O)O. The molecule has 6 nitrogen and oxygen atoms in total. The molecule has 188 valence electrons. The Morgan fingerprint density at radius 2 is 1.24 bits per heavy atom. The second-order valence-electron chi connectivity index (χ2n) is 9.17. The summed E-state index contributed by atoms with van der Waals surface area (Å²) in [5, 5.41) is 12.4. The van der Waals surface area contributed by atoms with Crippen molar-refractivity contribution in [2.24, 2.45) is 11.8 Å². The van der Waals surface area contributed by atoms with Gasteiger partial charge in [-0.3, -0.25) is 9.59 Å². The van der Waals surface area contributed by atoms with Crippen LogP contribution in [0.3, 0.4) is 0 Å². The van der Waals surface area contributed by atoms with Crippen LogP contribution in [-0.4, -0.2) is 31.3 Å². The van der Waals surface area contributed by atoms with E-state index in [0.717, 1.165) is 16.3 Å². The van der Waals surface area contributed by atoms with Crippen molar-refractivity contribution in [1.29, 1.82) is 0 Å². The lowest BCUT2D eigenvalue weighted by molar-refractivity contribution is -0.165. The number of carbonyl (C=O) groups is 2. The fraction of sp³-hybridized carbons (Fsp3) is 0.226. The smallest absolute Gasteiger partial charge is 0.310 e. The maximum absolute atomic E-state index is 13.8. The van der Waals surface area contributed by atoms with Gasteiger partial charge in [0.1, 0.15) is 18.1 Å². The van der Waals surface area contributed by atoms with Gasteiger partial charge in [-0.1, -0.05) is 78.9 Å². The van der Waals surface area contributed by atoms with Gasteiger partial charge in [-0.15, -0.1) is 0 Å². The van der Waals surface area contributed by atoms with E-state index in [1.54, 1.807) is 26.4 Å². The van der Waals surface area contributed by atoms with Gasteiger partial charge in [0.05, 0.1) is 26.1 Å². The van der Waals surface area contributed by atoms with Gasteiger partial charge in [-0.25, -0.2) is 0 Å². The van der Waals surface area contributed by atoms with Crippen LogP contribution in [0, 0.1) is 11.8 Å². The Labute approximate surface area is 215 Å². The van der Waals surface area contributed by atoms with Crippen LogP contribution in [0.5, 0.6) is 11.5 Å². The number of hydrogen-bond acceptors (Lipinski definition) is 5. The second-order valence-corrected chi connectivity index (χ2v) is 9.17. The molecule has 0 saturated heterocycles. The number of hydrogen-bond donors (Lipinski definition) is 1. The number of ether oxygens (including phenoxy) is 3. The monoisotopic (exact) mass is 496 g/mol. The molecule has 0 radical (unpaired) electrons. The van der Waals surface area contributed by atoms with Crippen LogP contribution in [0.15, 0.2) is 91.0 Å². The number of carboxylic acids is 1. The minimum atomic E-state index is -0.982. The van der Waals surface area contributed by atoms with Crippen molar-refractivity contribution in [2.45, 2.75) is 18.4 Å². The molecule has 4 aromatic carbocycles. The van der Waals surface area contributed by atoms with E-state index in [2.05, 4.69) is 0 Å². The molecule has 2 unspecified atom stereocenters. The summed E-state index contributed by atoms with van der Waals surface area (Å²) in [6.07, 6.45) is 0. The summed E-state index contributed by atoms with van der Waals surface area (Å²) in [5.74, 6) is -3.17. The molecule has 1 saturated carbocycles. The summed E-state index contributed by atoms with van der Waals surface area (Å²) in [5.41, 5.74) is 2.24. The minimum absolute atomic E-state index is 0.0890. The molecule has 0 aromatic heterocycles. The Balaban J connectivity index is 1.54. The Kier molecular flexibility index (Phi) is 6.82. The number of esters is 1. The second kappa shape index (κ2) is 10.3. The lowest BCUT2D eigenvalue weighted by atomic mass is 9.52. The largest absolute Gasteiger partial charge is 0.496 e. The fourth-order valence-electron chi connectivity index (χ4n) is 5.67. The first kappa shape index (κ1) is 24.4. The number of benzene rings is 4. The molecule has 0 spiro atoms. The van der Waals surface area contributed by atoms with Gasteiger partial charge < -0.3 is 19.3 Å². The third-order valence-electron chi connectivity index (χ3n) is 7.35. The van der Waals surface area contributed by atoms with Crippen molar-refractivity contribution >= 4 is 22.7 Å². The molecular formula is C31H28O6. The van der Waals surface area contributed by atoms with Gasteiger partial charge in [0.2, 0.25) is 0 Å². The van der Waals surface area contributed by atoms with E-state index in [0.29, 0.717) is 22.6 Å². The zero-order valence-electron chi connectivity index (χ0n) is 20.7. The van der Waals surface area contributed by atoms with Crippen molar-refractivity contribution in [3.63, 3.8) is 0 Å². The van der Waals surface area contributed by atoms with Gasteiger partial charge in [-0.05, 0) is 39.6 Å². The van der Waals surface area contributed by atoms with Crippen LogP contribution in [0.2, 0.25) is 0 Å². The van der Waals surface area contributed by atoms with Gasteiger partial charge in [0.25, 0.3) is 0 Å². The zero-order chi connectivity index (χ0) is 25.9. The van der Waals surface area contributed by atoms with Crippen LogP contribution >= 0.6 is 0 Å². The average Bonchev–Trinajstić information content (AvgIpc) is 2.91. The first-order valence-corrected chi connectivity index (χ1v) is 12.2. The highest BCUT2D eigenvalue weighted by Gasteiger charge is 2.60. The highest BCUT2D eigenvalue weighted by atomic mass is 16.5. The molecule has 1 aliphatic rings. The molecule has 0 amide bonds. The number of methoxy groups -OCH3 is 2. The van der Waals surface area contributed by atoms with Crippen molar-refractivity contribution in [3.8, 4) is 11.5 Å². The third-order valence-corrected chi connectivity index (χ3v) is 7.35. The summed E-state index contributed by atoms with van der Waals surface area (Å²) < 4.78 is 17.0. The van der Waals surface area contributed by atoms with Crippen LogP contribution < -0.4 is 9.47 Å². The quantitative estimate of drug-likeness (QED) is 0.311. The van der Waals surface area contributed by atoms with Gasteiger partial charge >= 0.3 is 11.9 Å². The van der Waals surface area contributed by atoms with E-state index in [9.17, 15) is 14.7 Å². The molecular weight excluding hydrogens is 468 g/mol. The normalized spacial score (nSPS) is 20.6. The maximum Gasteiger partial charge on any atom is 0.310 e. The van der Waals surface area contributed by atoms with E-state index < -0.39 is 35.6 Å².